The van der Waals surface area contributed by atoms with Gasteiger partial charge < -0.3 is 5.11 Å². The molecular weight excluding hydrogens is 112 g/mol. The Morgan fingerprint density at radius 1 is 1.56 bits per heavy atom. The summed E-state index contributed by atoms with van der Waals surface area (Å²) in [6.45, 7) is 7.18. The summed E-state index contributed by atoms with van der Waals surface area (Å²) < 4.78 is 0. The second-order valence-corrected chi connectivity index (χ2v) is 1.78. The van der Waals surface area contributed by atoms with Crippen molar-refractivity contribution >= 4 is 0 Å². The lowest BCUT2D eigenvalue weighted by atomic mass is 10.2. The normalized spacial score (nSPS) is 9.89. The van der Waals surface area contributed by atoms with Gasteiger partial charge in [0.1, 0.15) is 0 Å². The van der Waals surface area contributed by atoms with Gasteiger partial charge in [-0.05, 0) is 12.0 Å². The van der Waals surface area contributed by atoms with Crippen LogP contribution in [0.15, 0.2) is 37.0 Å². The first kappa shape index (κ1) is 8.18. The second-order valence-electron chi connectivity index (χ2n) is 1.78. The summed E-state index contributed by atoms with van der Waals surface area (Å²) in [5.74, 6) is 0. The van der Waals surface area contributed by atoms with E-state index in [1.165, 1.54) is 0 Å². The number of aliphatic hydroxyl groups excluding tert-OH is 1. The van der Waals surface area contributed by atoms with E-state index in [-0.39, 0.29) is 6.61 Å². The van der Waals surface area contributed by atoms with Crippen molar-refractivity contribution in [2.24, 2.45) is 0 Å². The van der Waals surface area contributed by atoms with Gasteiger partial charge in [-0.1, -0.05) is 31.4 Å². The SMILES string of the molecule is C=CC=CCC(=C)CO. The van der Waals surface area contributed by atoms with Gasteiger partial charge in [-0.3, -0.25) is 0 Å². The summed E-state index contributed by atoms with van der Waals surface area (Å²) >= 11 is 0. The van der Waals surface area contributed by atoms with Crippen LogP contribution >= 0.6 is 0 Å². The molecule has 0 amide bonds. The maximum Gasteiger partial charge on any atom is 0.0642 e. The summed E-state index contributed by atoms with van der Waals surface area (Å²) in [7, 11) is 0. The predicted molar refractivity (Wildman–Crippen MR) is 40.2 cm³/mol. The Morgan fingerprint density at radius 2 is 2.22 bits per heavy atom. The highest BCUT2D eigenvalue weighted by Crippen LogP contribution is 1.96. The third kappa shape index (κ3) is 5.04. The number of aliphatic hydroxyl groups is 1. The van der Waals surface area contributed by atoms with Crippen LogP contribution in [-0.4, -0.2) is 11.7 Å². The van der Waals surface area contributed by atoms with Crippen molar-refractivity contribution in [3.8, 4) is 0 Å². The molecule has 0 aliphatic carbocycles. The standard InChI is InChI=1S/C8H12O/c1-3-4-5-6-8(2)7-9/h3-5,9H,1-2,6-7H2. The van der Waals surface area contributed by atoms with Crippen molar-refractivity contribution in [3.05, 3.63) is 37.0 Å². The molecule has 0 aromatic rings. The molecule has 0 aromatic heterocycles. The summed E-state index contributed by atoms with van der Waals surface area (Å²) in [5.41, 5.74) is 0.827. The molecule has 0 saturated heterocycles. The summed E-state index contributed by atoms with van der Waals surface area (Å²) in [6, 6.07) is 0. The third-order valence-electron chi connectivity index (χ3n) is 0.902. The molecule has 0 atom stereocenters. The minimum absolute atomic E-state index is 0.0709. The Bertz CT molecular complexity index is 123. The van der Waals surface area contributed by atoms with Gasteiger partial charge in [-0.15, -0.1) is 0 Å². The first-order valence-corrected chi connectivity index (χ1v) is 2.86. The predicted octanol–water partition coefficient (Wildman–Crippen LogP) is 1.67. The Kier molecular flexibility index (Phi) is 4.83. The molecule has 0 spiro atoms. The van der Waals surface area contributed by atoms with Gasteiger partial charge in [-0.25, -0.2) is 0 Å². The van der Waals surface area contributed by atoms with Crippen molar-refractivity contribution < 1.29 is 5.11 Å². The smallest absolute Gasteiger partial charge is 0.0642 e. The van der Waals surface area contributed by atoms with E-state index in [1.807, 2.05) is 12.2 Å². The second kappa shape index (κ2) is 5.32. The quantitative estimate of drug-likeness (QED) is 0.446. The fraction of sp³-hybridized carbons (Fsp3) is 0.250. The summed E-state index contributed by atoms with van der Waals surface area (Å²) in [6.07, 6.45) is 6.18. The monoisotopic (exact) mass is 124 g/mol. The molecule has 9 heavy (non-hydrogen) atoms. The van der Waals surface area contributed by atoms with Crippen molar-refractivity contribution in [2.75, 3.05) is 6.61 Å². The Balaban J connectivity index is 3.37. The summed E-state index contributed by atoms with van der Waals surface area (Å²) in [5, 5.41) is 8.47. The minimum atomic E-state index is 0.0709. The average molecular weight is 124 g/mol. The van der Waals surface area contributed by atoms with E-state index in [2.05, 4.69) is 13.2 Å². The van der Waals surface area contributed by atoms with Crippen LogP contribution in [0.3, 0.4) is 0 Å². The van der Waals surface area contributed by atoms with Crippen molar-refractivity contribution in [2.45, 2.75) is 6.42 Å². The average Bonchev–Trinajstić information content (AvgIpc) is 1.89. The zero-order valence-corrected chi connectivity index (χ0v) is 5.51. The van der Waals surface area contributed by atoms with Crippen LogP contribution in [0.5, 0.6) is 0 Å². The van der Waals surface area contributed by atoms with Gasteiger partial charge >= 0.3 is 0 Å². The van der Waals surface area contributed by atoms with Crippen LogP contribution in [0.25, 0.3) is 0 Å². The van der Waals surface area contributed by atoms with E-state index in [9.17, 15) is 0 Å². The van der Waals surface area contributed by atoms with Gasteiger partial charge in [0.15, 0.2) is 0 Å². The van der Waals surface area contributed by atoms with E-state index in [1.54, 1.807) is 6.08 Å². The van der Waals surface area contributed by atoms with Crippen LogP contribution in [0, 0.1) is 0 Å². The van der Waals surface area contributed by atoms with Crippen molar-refractivity contribution in [1.29, 1.82) is 0 Å². The fourth-order valence-corrected chi connectivity index (χ4v) is 0.395. The largest absolute Gasteiger partial charge is 0.392 e. The third-order valence-corrected chi connectivity index (χ3v) is 0.902. The van der Waals surface area contributed by atoms with Gasteiger partial charge in [0.05, 0.1) is 6.61 Å². The molecule has 0 aliphatic heterocycles. The minimum Gasteiger partial charge on any atom is -0.392 e. The van der Waals surface area contributed by atoms with Crippen LogP contribution in [-0.2, 0) is 0 Å². The molecule has 0 heterocycles. The van der Waals surface area contributed by atoms with Gasteiger partial charge in [0.25, 0.3) is 0 Å². The maximum atomic E-state index is 8.47. The molecule has 0 bridgehead atoms. The van der Waals surface area contributed by atoms with Crippen LogP contribution in [0.4, 0.5) is 0 Å². The summed E-state index contributed by atoms with van der Waals surface area (Å²) in [4.78, 5) is 0. The lowest BCUT2D eigenvalue weighted by Gasteiger charge is -1.91. The molecule has 0 unspecified atom stereocenters. The van der Waals surface area contributed by atoms with E-state index < -0.39 is 0 Å². The van der Waals surface area contributed by atoms with E-state index in [0.29, 0.717) is 0 Å². The highest BCUT2D eigenvalue weighted by Gasteiger charge is 1.83. The number of hydrogen-bond acceptors (Lipinski definition) is 1. The molecule has 0 rings (SSSR count). The molecule has 0 radical (unpaired) electrons. The van der Waals surface area contributed by atoms with Crippen molar-refractivity contribution in [3.63, 3.8) is 0 Å². The van der Waals surface area contributed by atoms with Crippen LogP contribution in [0.2, 0.25) is 0 Å². The number of hydrogen-bond donors (Lipinski definition) is 1. The molecule has 0 saturated carbocycles. The molecule has 0 fully saturated rings. The first-order chi connectivity index (χ1) is 4.31. The zero-order chi connectivity index (χ0) is 7.11. The van der Waals surface area contributed by atoms with Crippen LogP contribution < -0.4 is 0 Å². The van der Waals surface area contributed by atoms with Gasteiger partial charge in [0, 0.05) is 0 Å². The van der Waals surface area contributed by atoms with Gasteiger partial charge in [-0.2, -0.15) is 0 Å². The molecule has 1 heteroatoms. The fourth-order valence-electron chi connectivity index (χ4n) is 0.395. The number of rotatable bonds is 4. The Labute approximate surface area is 56.0 Å². The number of allylic oxidation sites excluding steroid dienone is 3. The lowest BCUT2D eigenvalue weighted by molar-refractivity contribution is 0.329. The van der Waals surface area contributed by atoms with Crippen molar-refractivity contribution in [1.82, 2.24) is 0 Å². The van der Waals surface area contributed by atoms with E-state index in [0.717, 1.165) is 12.0 Å². The lowest BCUT2D eigenvalue weighted by Crippen LogP contribution is -1.84. The Morgan fingerprint density at radius 3 is 2.67 bits per heavy atom. The van der Waals surface area contributed by atoms with E-state index >= 15 is 0 Å². The maximum absolute atomic E-state index is 8.47. The van der Waals surface area contributed by atoms with E-state index in [4.69, 9.17) is 5.11 Å². The van der Waals surface area contributed by atoms with Crippen LogP contribution in [0.1, 0.15) is 6.42 Å². The molecular formula is C8H12O. The molecule has 0 aliphatic rings. The molecule has 1 N–H and O–H groups in total. The molecule has 1 nitrogen and oxygen atoms in total. The first-order valence-electron chi connectivity index (χ1n) is 2.86. The highest BCUT2D eigenvalue weighted by molar-refractivity contribution is 5.06. The topological polar surface area (TPSA) is 20.2 Å². The molecule has 50 valence electrons. The molecule has 0 aromatic carbocycles. The zero-order valence-electron chi connectivity index (χ0n) is 5.51. The van der Waals surface area contributed by atoms with Gasteiger partial charge in [0.2, 0.25) is 0 Å². The highest BCUT2D eigenvalue weighted by atomic mass is 16.3. The Hall–Kier alpha value is -0.820.